The molecular weight excluding hydrogens is 250 g/mol. The van der Waals surface area contributed by atoms with Gasteiger partial charge in [0, 0.05) is 6.61 Å². The van der Waals surface area contributed by atoms with Crippen LogP contribution in [0.3, 0.4) is 0 Å². The first-order valence-electron chi connectivity index (χ1n) is 7.59. The normalized spacial score (nSPS) is 18.0. The van der Waals surface area contributed by atoms with Gasteiger partial charge in [-0.25, -0.2) is 0 Å². The van der Waals surface area contributed by atoms with Gasteiger partial charge in [0.05, 0.1) is 12.6 Å². The van der Waals surface area contributed by atoms with E-state index in [9.17, 15) is 0 Å². The minimum atomic E-state index is -0.00880. The smallest absolute Gasteiger partial charge is 0.112 e. The van der Waals surface area contributed by atoms with Crippen LogP contribution < -0.4 is 5.32 Å². The van der Waals surface area contributed by atoms with Crippen LogP contribution in [0.2, 0.25) is 0 Å². The quantitative estimate of drug-likeness (QED) is 0.827. The fourth-order valence-corrected chi connectivity index (χ4v) is 2.58. The fourth-order valence-electron chi connectivity index (χ4n) is 2.58. The zero-order valence-electron chi connectivity index (χ0n) is 12.5. The third kappa shape index (κ3) is 3.84. The average molecular weight is 275 g/mol. The molecule has 0 amide bonds. The van der Waals surface area contributed by atoms with Crippen LogP contribution in [0.4, 0.5) is 0 Å². The maximum atomic E-state index is 6.01. The SMILES string of the molecule is CCNC(C1=CCCCO1)C(OCC)c1ccccc1. The summed E-state index contributed by atoms with van der Waals surface area (Å²) in [5.41, 5.74) is 1.19. The summed E-state index contributed by atoms with van der Waals surface area (Å²) >= 11 is 0. The highest BCUT2D eigenvalue weighted by atomic mass is 16.5. The number of benzene rings is 1. The molecule has 1 aromatic rings. The van der Waals surface area contributed by atoms with Gasteiger partial charge in [-0.15, -0.1) is 0 Å². The summed E-state index contributed by atoms with van der Waals surface area (Å²) in [7, 11) is 0. The molecule has 2 unspecified atom stereocenters. The number of ether oxygens (including phenoxy) is 2. The molecule has 110 valence electrons. The van der Waals surface area contributed by atoms with E-state index in [4.69, 9.17) is 9.47 Å². The van der Waals surface area contributed by atoms with Gasteiger partial charge in [-0.3, -0.25) is 0 Å². The van der Waals surface area contributed by atoms with E-state index in [0.717, 1.165) is 31.8 Å². The zero-order chi connectivity index (χ0) is 14.2. The molecule has 0 radical (unpaired) electrons. The third-order valence-corrected chi connectivity index (χ3v) is 3.47. The minimum Gasteiger partial charge on any atom is -0.496 e. The molecular formula is C17H25NO2. The van der Waals surface area contributed by atoms with Gasteiger partial charge in [-0.1, -0.05) is 37.3 Å². The molecule has 2 atom stereocenters. The van der Waals surface area contributed by atoms with Crippen LogP contribution in [0.5, 0.6) is 0 Å². The largest absolute Gasteiger partial charge is 0.496 e. The molecule has 3 heteroatoms. The van der Waals surface area contributed by atoms with Gasteiger partial charge in [0.2, 0.25) is 0 Å². The molecule has 1 heterocycles. The Hall–Kier alpha value is -1.32. The van der Waals surface area contributed by atoms with Crippen molar-refractivity contribution in [1.82, 2.24) is 5.32 Å². The Morgan fingerprint density at radius 1 is 1.25 bits per heavy atom. The van der Waals surface area contributed by atoms with E-state index in [-0.39, 0.29) is 12.1 Å². The lowest BCUT2D eigenvalue weighted by Crippen LogP contribution is -2.39. The van der Waals surface area contributed by atoms with Crippen molar-refractivity contribution in [1.29, 1.82) is 0 Å². The first-order valence-corrected chi connectivity index (χ1v) is 7.59. The Labute approximate surface area is 122 Å². The highest BCUT2D eigenvalue weighted by Gasteiger charge is 2.28. The van der Waals surface area contributed by atoms with E-state index in [0.29, 0.717) is 6.61 Å². The second-order valence-electron chi connectivity index (χ2n) is 4.92. The van der Waals surface area contributed by atoms with Crippen molar-refractivity contribution in [2.24, 2.45) is 0 Å². The van der Waals surface area contributed by atoms with Crippen LogP contribution in [0.1, 0.15) is 38.4 Å². The van der Waals surface area contributed by atoms with Crippen molar-refractivity contribution < 1.29 is 9.47 Å². The second kappa shape index (κ2) is 8.08. The highest BCUT2D eigenvalue weighted by molar-refractivity contribution is 5.23. The first kappa shape index (κ1) is 15.1. The van der Waals surface area contributed by atoms with Gasteiger partial charge in [0.15, 0.2) is 0 Å². The van der Waals surface area contributed by atoms with Gasteiger partial charge in [-0.2, -0.15) is 0 Å². The summed E-state index contributed by atoms with van der Waals surface area (Å²) < 4.78 is 11.9. The molecule has 20 heavy (non-hydrogen) atoms. The zero-order valence-corrected chi connectivity index (χ0v) is 12.5. The first-order chi connectivity index (χ1) is 9.86. The number of nitrogens with one attached hydrogen (secondary N) is 1. The molecule has 1 aromatic carbocycles. The van der Waals surface area contributed by atoms with Gasteiger partial charge in [0.1, 0.15) is 11.9 Å². The lowest BCUT2D eigenvalue weighted by Gasteiger charge is -2.31. The Kier molecular flexibility index (Phi) is 6.09. The number of rotatable bonds is 7. The summed E-state index contributed by atoms with van der Waals surface area (Å²) in [5, 5.41) is 3.52. The van der Waals surface area contributed by atoms with Crippen molar-refractivity contribution in [2.75, 3.05) is 19.8 Å². The predicted molar refractivity (Wildman–Crippen MR) is 81.5 cm³/mol. The summed E-state index contributed by atoms with van der Waals surface area (Å²) in [4.78, 5) is 0. The van der Waals surface area contributed by atoms with Gasteiger partial charge < -0.3 is 14.8 Å². The number of hydrogen-bond donors (Lipinski definition) is 1. The number of allylic oxidation sites excluding steroid dienone is 1. The Morgan fingerprint density at radius 3 is 2.65 bits per heavy atom. The summed E-state index contributed by atoms with van der Waals surface area (Å²) in [5.74, 6) is 1.03. The highest BCUT2D eigenvalue weighted by Crippen LogP contribution is 2.28. The van der Waals surface area contributed by atoms with Crippen LogP contribution in [-0.2, 0) is 9.47 Å². The summed E-state index contributed by atoms with van der Waals surface area (Å²) in [6.45, 7) is 6.54. The molecule has 0 spiro atoms. The Bertz CT molecular complexity index is 416. The van der Waals surface area contributed by atoms with E-state index in [1.54, 1.807) is 0 Å². The second-order valence-corrected chi connectivity index (χ2v) is 4.92. The van der Waals surface area contributed by atoms with Crippen LogP contribution in [0.25, 0.3) is 0 Å². The fraction of sp³-hybridized carbons (Fsp3) is 0.529. The maximum Gasteiger partial charge on any atom is 0.112 e. The average Bonchev–Trinajstić information content (AvgIpc) is 2.52. The molecule has 0 saturated heterocycles. The van der Waals surface area contributed by atoms with E-state index in [1.807, 2.05) is 13.0 Å². The van der Waals surface area contributed by atoms with Crippen molar-refractivity contribution in [3.8, 4) is 0 Å². The van der Waals surface area contributed by atoms with Crippen molar-refractivity contribution in [2.45, 2.75) is 38.8 Å². The van der Waals surface area contributed by atoms with Crippen LogP contribution in [0.15, 0.2) is 42.2 Å². The summed E-state index contributed by atoms with van der Waals surface area (Å²) in [6.07, 6.45) is 4.38. The molecule has 1 aliphatic heterocycles. The van der Waals surface area contributed by atoms with Crippen molar-refractivity contribution >= 4 is 0 Å². The number of likely N-dealkylation sites (N-methyl/N-ethyl adjacent to an activating group) is 1. The van der Waals surface area contributed by atoms with E-state index >= 15 is 0 Å². The van der Waals surface area contributed by atoms with Crippen LogP contribution in [0, 0.1) is 0 Å². The molecule has 0 aromatic heterocycles. The maximum absolute atomic E-state index is 6.01. The molecule has 0 fully saturated rings. The molecule has 2 rings (SSSR count). The molecule has 0 saturated carbocycles. The van der Waals surface area contributed by atoms with Gasteiger partial charge >= 0.3 is 0 Å². The molecule has 1 N–H and O–H groups in total. The molecule has 1 aliphatic rings. The Morgan fingerprint density at radius 2 is 2.05 bits per heavy atom. The molecule has 0 bridgehead atoms. The summed E-state index contributed by atoms with van der Waals surface area (Å²) in [6, 6.07) is 10.5. The van der Waals surface area contributed by atoms with Crippen LogP contribution in [-0.4, -0.2) is 25.8 Å². The van der Waals surface area contributed by atoms with E-state index in [1.165, 1.54) is 5.56 Å². The lowest BCUT2D eigenvalue weighted by molar-refractivity contribution is 0.0220. The molecule has 0 aliphatic carbocycles. The third-order valence-electron chi connectivity index (χ3n) is 3.47. The monoisotopic (exact) mass is 275 g/mol. The lowest BCUT2D eigenvalue weighted by atomic mass is 9.98. The minimum absolute atomic E-state index is 0.00880. The number of hydrogen-bond acceptors (Lipinski definition) is 3. The topological polar surface area (TPSA) is 30.5 Å². The van der Waals surface area contributed by atoms with E-state index < -0.39 is 0 Å². The van der Waals surface area contributed by atoms with Gasteiger partial charge in [0.25, 0.3) is 0 Å². The van der Waals surface area contributed by atoms with Crippen molar-refractivity contribution in [3.63, 3.8) is 0 Å². The van der Waals surface area contributed by atoms with Crippen LogP contribution >= 0.6 is 0 Å². The standard InChI is InChI=1S/C17H25NO2/c1-3-18-16(15-12-8-9-13-20-15)17(19-4-2)14-10-6-5-7-11-14/h5-7,10-12,16-18H,3-4,8-9,13H2,1-2H3. The van der Waals surface area contributed by atoms with Gasteiger partial charge in [-0.05, 0) is 37.9 Å². The van der Waals surface area contributed by atoms with Crippen molar-refractivity contribution in [3.05, 3.63) is 47.7 Å². The van der Waals surface area contributed by atoms with E-state index in [2.05, 4.69) is 42.6 Å². The Balaban J connectivity index is 2.24. The molecule has 3 nitrogen and oxygen atoms in total. The predicted octanol–water partition coefficient (Wildman–Crippen LogP) is 3.44.